The van der Waals surface area contributed by atoms with Crippen molar-refractivity contribution >= 4 is 28.2 Å². The van der Waals surface area contributed by atoms with Crippen LogP contribution in [0.25, 0.3) is 0 Å². The molecule has 1 heterocycles. The molecule has 0 spiro atoms. The van der Waals surface area contributed by atoms with E-state index in [1.165, 1.54) is 0 Å². The molecule has 0 saturated carbocycles. The predicted molar refractivity (Wildman–Crippen MR) is 170 cm³/mol. The van der Waals surface area contributed by atoms with Crippen molar-refractivity contribution in [1.29, 1.82) is 0 Å². The van der Waals surface area contributed by atoms with Gasteiger partial charge in [-0.1, -0.05) is 77.4 Å². The third-order valence-corrected chi connectivity index (χ3v) is 18.1. The van der Waals surface area contributed by atoms with Gasteiger partial charge in [0.05, 0.1) is 13.2 Å². The molecule has 2 aromatic carbocycles. The van der Waals surface area contributed by atoms with Gasteiger partial charge in [0.25, 0.3) is 0 Å². The molecule has 0 aliphatic carbocycles. The first-order valence-corrected chi connectivity index (χ1v) is 20.3. The Morgan fingerprint density at radius 1 is 0.875 bits per heavy atom. The molecule has 1 aliphatic rings. The van der Waals surface area contributed by atoms with Gasteiger partial charge in [0.15, 0.2) is 22.7 Å². The van der Waals surface area contributed by atoms with Gasteiger partial charge in [-0.25, -0.2) is 0 Å². The molecule has 8 heteroatoms. The molecule has 0 fully saturated rings. The van der Waals surface area contributed by atoms with Gasteiger partial charge in [0.1, 0.15) is 24.2 Å². The first-order valence-electron chi connectivity index (χ1n) is 14.1. The minimum absolute atomic E-state index is 0.000431. The number of halogens is 1. The van der Waals surface area contributed by atoms with Crippen LogP contribution in [0.4, 0.5) is 0 Å². The highest BCUT2D eigenvalue weighted by Gasteiger charge is 2.48. The Morgan fingerprint density at radius 2 is 1.45 bits per heavy atom. The van der Waals surface area contributed by atoms with Crippen molar-refractivity contribution in [2.75, 3.05) is 13.7 Å². The zero-order valence-electron chi connectivity index (χ0n) is 26.2. The van der Waals surface area contributed by atoms with Crippen LogP contribution in [0.1, 0.15) is 64.3 Å². The Bertz CT molecular complexity index is 1180. The molecule has 0 radical (unpaired) electrons. The number of aliphatic hydroxyl groups excluding tert-OH is 1. The van der Waals surface area contributed by atoms with Crippen LogP contribution in [0.2, 0.25) is 41.3 Å². The number of aliphatic hydroxyl groups is 1. The standard InChI is InChI=1S/C32H49ClO5Si2/c1-31(2,3)39(8,9)37-28-20-26(21-34)36-29(30(28)38-40(10,11)32(4,5)6)23-14-17-27(33)24(19-23)18-22-12-15-25(35-7)16-13-22/h12-17,19-20,28-30,34H,18,21H2,1-11H3/t28-,29-,30+/m0/s1. The maximum absolute atomic E-state index is 10.2. The maximum Gasteiger partial charge on any atom is 0.193 e. The van der Waals surface area contributed by atoms with Crippen LogP contribution >= 0.6 is 11.6 Å². The predicted octanol–water partition coefficient (Wildman–Crippen LogP) is 8.67. The van der Waals surface area contributed by atoms with E-state index < -0.39 is 22.7 Å². The molecule has 5 nitrogen and oxygen atoms in total. The molecule has 222 valence electrons. The second-order valence-electron chi connectivity index (χ2n) is 13.9. The van der Waals surface area contributed by atoms with Crippen molar-refractivity contribution < 1.29 is 23.4 Å². The first kappa shape index (κ1) is 32.9. The van der Waals surface area contributed by atoms with Gasteiger partial charge < -0.3 is 23.4 Å². The van der Waals surface area contributed by atoms with E-state index in [-0.39, 0.29) is 28.9 Å². The SMILES string of the molecule is COc1ccc(Cc2cc([C@@H]3OC(CO)=C[C@H](O[Si](C)(C)C(C)(C)C)[C@H]3O[Si](C)(C)C(C)(C)C)ccc2Cl)cc1. The van der Waals surface area contributed by atoms with Crippen molar-refractivity contribution in [3.8, 4) is 5.75 Å². The van der Waals surface area contributed by atoms with Gasteiger partial charge >= 0.3 is 0 Å². The fourth-order valence-electron chi connectivity index (χ4n) is 4.20. The van der Waals surface area contributed by atoms with Crippen molar-refractivity contribution in [3.05, 3.63) is 76.0 Å². The maximum atomic E-state index is 10.2. The molecule has 3 atom stereocenters. The van der Waals surface area contributed by atoms with Gasteiger partial charge in [-0.05, 0) is 83.7 Å². The summed E-state index contributed by atoms with van der Waals surface area (Å²) in [5.74, 6) is 1.33. The van der Waals surface area contributed by atoms with Crippen molar-refractivity contribution in [1.82, 2.24) is 0 Å². The van der Waals surface area contributed by atoms with Crippen molar-refractivity contribution in [2.24, 2.45) is 0 Å². The summed E-state index contributed by atoms with van der Waals surface area (Å²) in [6.45, 7) is 22.3. The minimum Gasteiger partial charge on any atom is -0.497 e. The summed E-state index contributed by atoms with van der Waals surface area (Å²) < 4.78 is 25.9. The van der Waals surface area contributed by atoms with E-state index in [2.05, 4.69) is 85.9 Å². The molecule has 2 aromatic rings. The third kappa shape index (κ3) is 7.61. The number of hydrogen-bond donors (Lipinski definition) is 1. The van der Waals surface area contributed by atoms with Crippen LogP contribution in [0, 0.1) is 0 Å². The Kier molecular flexibility index (Phi) is 10.1. The first-order chi connectivity index (χ1) is 18.4. The number of rotatable bonds is 9. The zero-order chi connectivity index (χ0) is 30.1. The van der Waals surface area contributed by atoms with Crippen molar-refractivity contribution in [3.63, 3.8) is 0 Å². The number of methoxy groups -OCH3 is 1. The van der Waals surface area contributed by atoms with E-state index in [1.54, 1.807) is 7.11 Å². The lowest BCUT2D eigenvalue weighted by Gasteiger charge is -2.48. The van der Waals surface area contributed by atoms with Gasteiger partial charge in [-0.3, -0.25) is 0 Å². The number of ether oxygens (including phenoxy) is 2. The normalized spacial score (nSPS) is 20.6. The van der Waals surface area contributed by atoms with Crippen LogP contribution in [0.15, 0.2) is 54.3 Å². The summed E-state index contributed by atoms with van der Waals surface area (Å²) in [5.41, 5.74) is 3.09. The molecule has 0 amide bonds. The molecule has 0 saturated heterocycles. The van der Waals surface area contributed by atoms with Crippen LogP contribution in [-0.2, 0) is 20.0 Å². The largest absolute Gasteiger partial charge is 0.497 e. The van der Waals surface area contributed by atoms with Crippen LogP contribution in [0.3, 0.4) is 0 Å². The highest BCUT2D eigenvalue weighted by Crippen LogP contribution is 2.45. The quantitative estimate of drug-likeness (QED) is 0.290. The molecule has 1 N–H and O–H groups in total. The van der Waals surface area contributed by atoms with E-state index in [0.717, 1.165) is 22.4 Å². The Labute approximate surface area is 249 Å². The number of benzene rings is 2. The highest BCUT2D eigenvalue weighted by atomic mass is 35.5. The molecule has 40 heavy (non-hydrogen) atoms. The molecule has 0 unspecified atom stereocenters. The monoisotopic (exact) mass is 604 g/mol. The smallest absolute Gasteiger partial charge is 0.193 e. The van der Waals surface area contributed by atoms with Gasteiger partial charge in [-0.2, -0.15) is 0 Å². The molecule has 1 aliphatic heterocycles. The third-order valence-electron chi connectivity index (χ3n) is 8.83. The van der Waals surface area contributed by atoms with E-state index in [4.69, 9.17) is 29.9 Å². The summed E-state index contributed by atoms with van der Waals surface area (Å²) >= 11 is 6.71. The summed E-state index contributed by atoms with van der Waals surface area (Å²) in [6.07, 6.45) is 1.42. The summed E-state index contributed by atoms with van der Waals surface area (Å²) in [6, 6.07) is 14.1. The van der Waals surface area contributed by atoms with Gasteiger partial charge in [-0.15, -0.1) is 0 Å². The van der Waals surface area contributed by atoms with E-state index in [0.29, 0.717) is 17.2 Å². The van der Waals surface area contributed by atoms with Gasteiger partial charge in [0.2, 0.25) is 0 Å². The van der Waals surface area contributed by atoms with Crippen LogP contribution < -0.4 is 4.74 Å². The highest BCUT2D eigenvalue weighted by molar-refractivity contribution is 6.74. The average molecular weight is 605 g/mol. The zero-order valence-corrected chi connectivity index (χ0v) is 29.0. The fraction of sp³-hybridized carbons (Fsp3) is 0.562. The van der Waals surface area contributed by atoms with E-state index in [1.807, 2.05) is 30.3 Å². The molecular weight excluding hydrogens is 556 g/mol. The summed E-state index contributed by atoms with van der Waals surface area (Å²) in [5, 5.41) is 10.9. The second-order valence-corrected chi connectivity index (χ2v) is 23.8. The van der Waals surface area contributed by atoms with Crippen LogP contribution in [0.5, 0.6) is 5.75 Å². The van der Waals surface area contributed by atoms with Crippen LogP contribution in [-0.4, -0.2) is 47.7 Å². The minimum atomic E-state index is -2.23. The lowest BCUT2D eigenvalue weighted by molar-refractivity contribution is -0.0697. The lowest BCUT2D eigenvalue weighted by Crippen LogP contribution is -2.54. The molecule has 0 aromatic heterocycles. The summed E-state index contributed by atoms with van der Waals surface area (Å²) in [7, 11) is -2.75. The Hall–Kier alpha value is -1.62. The molecule has 0 bridgehead atoms. The lowest BCUT2D eigenvalue weighted by atomic mass is 9.94. The molecular formula is C32H49ClO5Si2. The second kappa shape index (κ2) is 12.3. The Balaban J connectivity index is 2.08. The average Bonchev–Trinajstić information content (AvgIpc) is 2.85. The summed E-state index contributed by atoms with van der Waals surface area (Å²) in [4.78, 5) is 0. The van der Waals surface area contributed by atoms with E-state index in [9.17, 15) is 5.11 Å². The van der Waals surface area contributed by atoms with Crippen molar-refractivity contribution in [2.45, 2.75) is 103 Å². The number of hydrogen-bond acceptors (Lipinski definition) is 5. The van der Waals surface area contributed by atoms with Gasteiger partial charge in [0, 0.05) is 5.02 Å². The topological polar surface area (TPSA) is 57.2 Å². The Morgan fingerprint density at radius 3 is 1.98 bits per heavy atom. The van der Waals surface area contributed by atoms with E-state index >= 15 is 0 Å². The fourth-order valence-corrected chi connectivity index (χ4v) is 6.91. The molecule has 3 rings (SSSR count).